The molecule has 0 bridgehead atoms. The van der Waals surface area contributed by atoms with Crippen molar-refractivity contribution < 1.29 is 4.74 Å². The quantitative estimate of drug-likeness (QED) is 0.728. The Hall–Kier alpha value is -2.51. The van der Waals surface area contributed by atoms with Crippen LogP contribution in [-0.2, 0) is 6.42 Å². The fourth-order valence-corrected chi connectivity index (χ4v) is 2.63. The van der Waals surface area contributed by atoms with Crippen LogP contribution in [0.15, 0.2) is 42.6 Å². The van der Waals surface area contributed by atoms with Crippen molar-refractivity contribution in [3.05, 3.63) is 53.3 Å². The predicted octanol–water partition coefficient (Wildman–Crippen LogP) is 4.12. The highest BCUT2D eigenvalue weighted by Crippen LogP contribution is 2.33. The van der Waals surface area contributed by atoms with E-state index in [4.69, 9.17) is 21.6 Å². The van der Waals surface area contributed by atoms with Gasteiger partial charge in [0.2, 0.25) is 0 Å². The van der Waals surface area contributed by atoms with E-state index < -0.39 is 0 Å². The van der Waals surface area contributed by atoms with E-state index in [1.165, 1.54) is 0 Å². The number of hydrogen-bond acceptors (Lipinski definition) is 3. The monoisotopic (exact) mass is 311 g/mol. The zero-order valence-corrected chi connectivity index (χ0v) is 12.8. The Balaban J connectivity index is 2.27. The Labute approximate surface area is 133 Å². The van der Waals surface area contributed by atoms with Gasteiger partial charge in [-0.1, -0.05) is 23.7 Å². The molecule has 5 heteroatoms. The lowest BCUT2D eigenvalue weighted by molar-refractivity contribution is 0.341. The van der Waals surface area contributed by atoms with Crippen LogP contribution >= 0.6 is 11.6 Å². The minimum absolute atomic E-state index is 0.247. The Morgan fingerprint density at radius 1 is 1.27 bits per heavy atom. The van der Waals surface area contributed by atoms with Crippen molar-refractivity contribution in [2.24, 2.45) is 0 Å². The van der Waals surface area contributed by atoms with Crippen LogP contribution in [0, 0.1) is 11.3 Å². The van der Waals surface area contributed by atoms with Crippen LogP contribution in [0.1, 0.15) is 12.6 Å². The van der Waals surface area contributed by atoms with Gasteiger partial charge in [-0.15, -0.1) is 0 Å². The first-order valence-corrected chi connectivity index (χ1v) is 7.38. The van der Waals surface area contributed by atoms with Crippen molar-refractivity contribution in [3.63, 3.8) is 0 Å². The third-order valence-corrected chi connectivity index (χ3v) is 3.59. The van der Waals surface area contributed by atoms with Crippen LogP contribution < -0.4 is 4.74 Å². The predicted molar refractivity (Wildman–Crippen MR) is 86.1 cm³/mol. The summed E-state index contributed by atoms with van der Waals surface area (Å²) in [5.41, 5.74) is 3.21. The summed E-state index contributed by atoms with van der Waals surface area (Å²) in [6.07, 6.45) is 2.03. The van der Waals surface area contributed by atoms with Crippen molar-refractivity contribution in [1.29, 1.82) is 5.26 Å². The first kappa shape index (κ1) is 14.4. The molecule has 110 valence electrons. The van der Waals surface area contributed by atoms with Crippen LogP contribution in [0.3, 0.4) is 0 Å². The van der Waals surface area contributed by atoms with Crippen LogP contribution in [0.4, 0.5) is 0 Å². The molecular formula is C17H14ClN3O. The number of para-hydroxylation sites is 1. The van der Waals surface area contributed by atoms with E-state index in [9.17, 15) is 0 Å². The topological polar surface area (TPSA) is 50.3 Å². The minimum Gasteiger partial charge on any atom is -0.493 e. The highest BCUT2D eigenvalue weighted by atomic mass is 35.5. The van der Waals surface area contributed by atoms with Crippen molar-refractivity contribution in [2.45, 2.75) is 13.3 Å². The standard InChI is InChI=1S/C17H14ClN3O/c1-2-22-15-6-4-3-5-13(15)17-14(9-10-19)21-11-12(18)7-8-16(21)20-17/h3-8,11H,2,9H2,1H3. The second-order valence-corrected chi connectivity index (χ2v) is 5.18. The Bertz CT molecular complexity index is 864. The van der Waals surface area contributed by atoms with Gasteiger partial charge in [-0.2, -0.15) is 5.26 Å². The highest BCUT2D eigenvalue weighted by molar-refractivity contribution is 6.30. The van der Waals surface area contributed by atoms with Crippen LogP contribution in [0.5, 0.6) is 5.75 Å². The van der Waals surface area contributed by atoms with Crippen LogP contribution in [-0.4, -0.2) is 16.0 Å². The van der Waals surface area contributed by atoms with Gasteiger partial charge in [0.15, 0.2) is 0 Å². The number of rotatable bonds is 4. The average Bonchev–Trinajstić information content (AvgIpc) is 2.87. The Morgan fingerprint density at radius 2 is 2.09 bits per heavy atom. The van der Waals surface area contributed by atoms with Gasteiger partial charge in [-0.3, -0.25) is 0 Å². The summed E-state index contributed by atoms with van der Waals surface area (Å²) >= 11 is 6.07. The molecule has 0 atom stereocenters. The van der Waals surface area contributed by atoms with E-state index >= 15 is 0 Å². The normalized spacial score (nSPS) is 10.6. The van der Waals surface area contributed by atoms with Gasteiger partial charge in [-0.05, 0) is 31.2 Å². The molecule has 0 unspecified atom stereocenters. The number of nitrogens with zero attached hydrogens (tertiary/aromatic N) is 3. The summed E-state index contributed by atoms with van der Waals surface area (Å²) in [4.78, 5) is 4.66. The lowest BCUT2D eigenvalue weighted by Crippen LogP contribution is -1.97. The van der Waals surface area contributed by atoms with E-state index in [0.717, 1.165) is 28.3 Å². The third kappa shape index (κ3) is 2.51. The first-order chi connectivity index (χ1) is 10.7. The van der Waals surface area contributed by atoms with E-state index in [1.807, 2.05) is 41.7 Å². The van der Waals surface area contributed by atoms with Gasteiger partial charge in [0, 0.05) is 11.8 Å². The molecule has 3 rings (SSSR count). The van der Waals surface area contributed by atoms with Crippen LogP contribution in [0.2, 0.25) is 5.02 Å². The van der Waals surface area contributed by atoms with Crippen molar-refractivity contribution in [1.82, 2.24) is 9.38 Å². The largest absolute Gasteiger partial charge is 0.493 e. The second kappa shape index (κ2) is 6.08. The first-order valence-electron chi connectivity index (χ1n) is 7.00. The molecule has 0 amide bonds. The second-order valence-electron chi connectivity index (χ2n) is 4.75. The molecule has 4 nitrogen and oxygen atoms in total. The van der Waals surface area contributed by atoms with Crippen molar-refractivity contribution >= 4 is 17.2 Å². The third-order valence-electron chi connectivity index (χ3n) is 3.37. The summed E-state index contributed by atoms with van der Waals surface area (Å²) < 4.78 is 7.55. The summed E-state index contributed by atoms with van der Waals surface area (Å²) in [6, 6.07) is 13.6. The van der Waals surface area contributed by atoms with Gasteiger partial charge in [0.1, 0.15) is 11.4 Å². The lowest BCUT2D eigenvalue weighted by Gasteiger charge is -2.09. The number of fused-ring (bicyclic) bond motifs is 1. The molecule has 0 saturated heterocycles. The minimum atomic E-state index is 0.247. The summed E-state index contributed by atoms with van der Waals surface area (Å²) in [5, 5.41) is 9.76. The highest BCUT2D eigenvalue weighted by Gasteiger charge is 2.17. The summed E-state index contributed by atoms with van der Waals surface area (Å²) in [5.74, 6) is 0.763. The maximum absolute atomic E-state index is 9.16. The van der Waals surface area contributed by atoms with E-state index in [-0.39, 0.29) is 6.42 Å². The van der Waals surface area contributed by atoms with Gasteiger partial charge in [0.05, 0.1) is 35.5 Å². The summed E-state index contributed by atoms with van der Waals surface area (Å²) in [7, 11) is 0. The molecule has 0 spiro atoms. The molecule has 0 saturated carbocycles. The molecule has 0 N–H and O–H groups in total. The molecule has 3 aromatic rings. The molecule has 22 heavy (non-hydrogen) atoms. The van der Waals surface area contributed by atoms with Crippen molar-refractivity contribution in [3.8, 4) is 23.1 Å². The molecule has 0 aliphatic heterocycles. The smallest absolute Gasteiger partial charge is 0.137 e. The fourth-order valence-electron chi connectivity index (χ4n) is 2.47. The van der Waals surface area contributed by atoms with E-state index in [0.29, 0.717) is 11.6 Å². The SMILES string of the molecule is CCOc1ccccc1-c1nc2ccc(Cl)cn2c1CC#N. The fraction of sp³-hybridized carbons (Fsp3) is 0.176. The average molecular weight is 312 g/mol. The molecule has 0 radical (unpaired) electrons. The molecule has 0 fully saturated rings. The molecule has 2 heterocycles. The number of aromatic nitrogens is 2. The van der Waals surface area contributed by atoms with Gasteiger partial charge < -0.3 is 9.14 Å². The zero-order chi connectivity index (χ0) is 15.5. The van der Waals surface area contributed by atoms with E-state index in [2.05, 4.69) is 11.1 Å². The Morgan fingerprint density at radius 3 is 2.86 bits per heavy atom. The van der Waals surface area contributed by atoms with E-state index in [1.54, 1.807) is 12.3 Å². The molecular weight excluding hydrogens is 298 g/mol. The maximum atomic E-state index is 9.16. The number of halogens is 1. The summed E-state index contributed by atoms with van der Waals surface area (Å²) in [6.45, 7) is 2.51. The zero-order valence-electron chi connectivity index (χ0n) is 12.1. The maximum Gasteiger partial charge on any atom is 0.137 e. The Kier molecular flexibility index (Phi) is 3.99. The lowest BCUT2D eigenvalue weighted by atomic mass is 10.1. The molecule has 0 aliphatic rings. The molecule has 2 aromatic heterocycles. The molecule has 0 aliphatic carbocycles. The van der Waals surface area contributed by atoms with Gasteiger partial charge in [-0.25, -0.2) is 4.98 Å². The molecule has 1 aromatic carbocycles. The van der Waals surface area contributed by atoms with Gasteiger partial charge in [0.25, 0.3) is 0 Å². The number of hydrogen-bond donors (Lipinski definition) is 0. The number of nitriles is 1. The number of benzene rings is 1. The van der Waals surface area contributed by atoms with Gasteiger partial charge >= 0.3 is 0 Å². The number of pyridine rings is 1. The van der Waals surface area contributed by atoms with Crippen molar-refractivity contribution in [2.75, 3.05) is 6.61 Å². The number of ether oxygens (including phenoxy) is 1. The number of imidazole rings is 1. The van der Waals surface area contributed by atoms with Crippen LogP contribution in [0.25, 0.3) is 16.9 Å².